The van der Waals surface area contributed by atoms with E-state index in [2.05, 4.69) is 22.9 Å². The maximum absolute atomic E-state index is 5.46. The zero-order chi connectivity index (χ0) is 8.81. The Hall–Kier alpha value is -0.420. The first-order valence-electron chi connectivity index (χ1n) is 3.88. The van der Waals surface area contributed by atoms with Crippen LogP contribution in [0.2, 0.25) is 0 Å². The summed E-state index contributed by atoms with van der Waals surface area (Å²) in [4.78, 5) is 4.07. The van der Waals surface area contributed by atoms with Gasteiger partial charge in [-0.15, -0.1) is 11.3 Å². The van der Waals surface area contributed by atoms with Crippen LogP contribution >= 0.6 is 24.0 Å². The van der Waals surface area contributed by atoms with Gasteiger partial charge in [0.1, 0.15) is 5.82 Å². The van der Waals surface area contributed by atoms with E-state index in [9.17, 15) is 0 Å². The molecule has 0 aliphatic rings. The highest BCUT2D eigenvalue weighted by Gasteiger charge is 1.95. The van der Waals surface area contributed by atoms with Gasteiger partial charge in [0.2, 0.25) is 0 Å². The molecule has 1 aromatic rings. The Morgan fingerprint density at radius 1 is 1.58 bits per heavy atom. The van der Waals surface area contributed by atoms with Crippen molar-refractivity contribution in [2.24, 2.45) is 0 Å². The molecular formula is C7H13N3S2. The lowest BCUT2D eigenvalue weighted by atomic mass is 10.3. The molecule has 0 aromatic carbocycles. The molecule has 5 heteroatoms. The highest BCUT2D eigenvalue weighted by molar-refractivity contribution is 7.80. The van der Waals surface area contributed by atoms with Gasteiger partial charge in [-0.25, -0.2) is 4.98 Å². The van der Waals surface area contributed by atoms with Crippen LogP contribution in [0.25, 0.3) is 0 Å². The highest BCUT2D eigenvalue weighted by Crippen LogP contribution is 2.15. The van der Waals surface area contributed by atoms with Gasteiger partial charge in [0.15, 0.2) is 5.13 Å². The molecule has 12 heavy (non-hydrogen) atoms. The fourth-order valence-corrected chi connectivity index (χ4v) is 1.57. The molecule has 0 saturated heterocycles. The second-order valence-electron chi connectivity index (χ2n) is 2.43. The monoisotopic (exact) mass is 203 g/mol. The summed E-state index contributed by atoms with van der Waals surface area (Å²) < 4.78 is 0. The van der Waals surface area contributed by atoms with Crippen molar-refractivity contribution in [3.05, 3.63) is 5.38 Å². The van der Waals surface area contributed by atoms with Crippen molar-refractivity contribution in [2.45, 2.75) is 12.8 Å². The predicted octanol–water partition coefficient (Wildman–Crippen LogP) is 1.85. The fraction of sp³-hybridized carbons (Fsp3) is 0.571. The van der Waals surface area contributed by atoms with Crippen LogP contribution < -0.4 is 11.1 Å². The number of thiazole rings is 1. The summed E-state index contributed by atoms with van der Waals surface area (Å²) in [6, 6.07) is 0. The molecule has 0 saturated carbocycles. The summed E-state index contributed by atoms with van der Waals surface area (Å²) in [6.45, 7) is 0.948. The summed E-state index contributed by atoms with van der Waals surface area (Å²) in [6.07, 6.45) is 2.26. The lowest BCUT2D eigenvalue weighted by molar-refractivity contribution is 0.842. The summed E-state index contributed by atoms with van der Waals surface area (Å²) in [5.41, 5.74) is 5.46. The molecule has 0 aliphatic heterocycles. The minimum absolute atomic E-state index is 0.617. The van der Waals surface area contributed by atoms with E-state index in [1.54, 1.807) is 0 Å². The van der Waals surface area contributed by atoms with E-state index >= 15 is 0 Å². The normalized spacial score (nSPS) is 10.1. The van der Waals surface area contributed by atoms with Gasteiger partial charge >= 0.3 is 0 Å². The average molecular weight is 203 g/mol. The second kappa shape index (κ2) is 5.27. The average Bonchev–Trinajstić information content (AvgIpc) is 2.45. The zero-order valence-electron chi connectivity index (χ0n) is 6.79. The standard InChI is InChI=1S/C7H13N3S2/c8-7-10-6(5-12-7)9-3-1-2-4-11/h5,9,11H,1-4H2,(H2,8,10). The number of rotatable bonds is 5. The molecular weight excluding hydrogens is 190 g/mol. The molecule has 1 rings (SSSR count). The largest absolute Gasteiger partial charge is 0.375 e. The van der Waals surface area contributed by atoms with Crippen molar-refractivity contribution in [1.82, 2.24) is 4.98 Å². The van der Waals surface area contributed by atoms with E-state index in [1.165, 1.54) is 11.3 Å². The van der Waals surface area contributed by atoms with Crippen LogP contribution in [0.4, 0.5) is 10.9 Å². The van der Waals surface area contributed by atoms with E-state index in [1.807, 2.05) is 5.38 Å². The van der Waals surface area contributed by atoms with Crippen LogP contribution in [-0.4, -0.2) is 17.3 Å². The number of nitrogens with one attached hydrogen (secondary N) is 1. The minimum Gasteiger partial charge on any atom is -0.375 e. The quantitative estimate of drug-likeness (QED) is 0.505. The first kappa shape index (κ1) is 9.67. The third-order valence-electron chi connectivity index (χ3n) is 1.41. The minimum atomic E-state index is 0.617. The molecule has 0 spiro atoms. The summed E-state index contributed by atoms with van der Waals surface area (Å²) in [7, 11) is 0. The van der Waals surface area contributed by atoms with Gasteiger partial charge < -0.3 is 11.1 Å². The molecule has 68 valence electrons. The number of unbranched alkanes of at least 4 members (excludes halogenated alkanes) is 1. The van der Waals surface area contributed by atoms with Crippen molar-refractivity contribution < 1.29 is 0 Å². The van der Waals surface area contributed by atoms with Gasteiger partial charge in [0.05, 0.1) is 0 Å². The van der Waals surface area contributed by atoms with Crippen molar-refractivity contribution in [3.8, 4) is 0 Å². The number of nitrogens with two attached hydrogens (primary N) is 1. The molecule has 3 nitrogen and oxygen atoms in total. The Bertz CT molecular complexity index is 224. The van der Waals surface area contributed by atoms with E-state index < -0.39 is 0 Å². The van der Waals surface area contributed by atoms with Gasteiger partial charge in [-0.05, 0) is 18.6 Å². The van der Waals surface area contributed by atoms with E-state index in [4.69, 9.17) is 5.73 Å². The maximum Gasteiger partial charge on any atom is 0.182 e. The number of nitrogens with zero attached hydrogens (tertiary/aromatic N) is 1. The number of thiol groups is 1. The molecule has 0 bridgehead atoms. The number of hydrogen-bond donors (Lipinski definition) is 3. The fourth-order valence-electron chi connectivity index (χ4n) is 0.822. The molecule has 0 aliphatic carbocycles. The molecule has 0 atom stereocenters. The number of hydrogen-bond acceptors (Lipinski definition) is 5. The van der Waals surface area contributed by atoms with Gasteiger partial charge in [-0.3, -0.25) is 0 Å². The van der Waals surface area contributed by atoms with Gasteiger partial charge in [0.25, 0.3) is 0 Å². The Labute approximate surface area is 81.8 Å². The summed E-state index contributed by atoms with van der Waals surface area (Å²) in [5.74, 6) is 1.83. The third-order valence-corrected chi connectivity index (χ3v) is 2.40. The molecule has 1 aromatic heterocycles. The zero-order valence-corrected chi connectivity index (χ0v) is 8.50. The van der Waals surface area contributed by atoms with Crippen LogP contribution in [0.5, 0.6) is 0 Å². The Morgan fingerprint density at radius 3 is 3.00 bits per heavy atom. The first-order valence-corrected chi connectivity index (χ1v) is 5.40. The topological polar surface area (TPSA) is 50.9 Å². The summed E-state index contributed by atoms with van der Waals surface area (Å²) in [5, 5.41) is 5.73. The van der Waals surface area contributed by atoms with Crippen molar-refractivity contribution in [3.63, 3.8) is 0 Å². The van der Waals surface area contributed by atoms with Gasteiger partial charge in [-0.1, -0.05) is 0 Å². The van der Waals surface area contributed by atoms with E-state index in [0.29, 0.717) is 5.13 Å². The lowest BCUT2D eigenvalue weighted by Gasteiger charge is -2.00. The third kappa shape index (κ3) is 3.32. The van der Waals surface area contributed by atoms with E-state index in [0.717, 1.165) is 31.0 Å². The van der Waals surface area contributed by atoms with Crippen LogP contribution in [0.1, 0.15) is 12.8 Å². The van der Waals surface area contributed by atoms with Gasteiger partial charge in [-0.2, -0.15) is 12.6 Å². The highest BCUT2D eigenvalue weighted by atomic mass is 32.1. The van der Waals surface area contributed by atoms with Crippen LogP contribution in [0, 0.1) is 0 Å². The molecule has 0 amide bonds. The molecule has 3 N–H and O–H groups in total. The SMILES string of the molecule is Nc1nc(NCCCCS)cs1. The number of anilines is 2. The second-order valence-corrected chi connectivity index (χ2v) is 3.77. The van der Waals surface area contributed by atoms with Crippen LogP contribution in [0.3, 0.4) is 0 Å². The van der Waals surface area contributed by atoms with Crippen molar-refractivity contribution >= 4 is 34.9 Å². The predicted molar refractivity (Wildman–Crippen MR) is 58.1 cm³/mol. The lowest BCUT2D eigenvalue weighted by Crippen LogP contribution is -2.01. The van der Waals surface area contributed by atoms with Crippen molar-refractivity contribution in [2.75, 3.05) is 23.3 Å². The van der Waals surface area contributed by atoms with Crippen LogP contribution in [0.15, 0.2) is 5.38 Å². The number of nitrogen functional groups attached to an aromatic ring is 1. The van der Waals surface area contributed by atoms with Gasteiger partial charge in [0, 0.05) is 11.9 Å². The smallest absolute Gasteiger partial charge is 0.182 e. The molecule has 1 heterocycles. The Kier molecular flexibility index (Phi) is 4.24. The Morgan fingerprint density at radius 2 is 2.42 bits per heavy atom. The summed E-state index contributed by atoms with van der Waals surface area (Å²) >= 11 is 5.58. The molecule has 0 fully saturated rings. The Balaban J connectivity index is 2.15. The first-order chi connectivity index (χ1) is 5.83. The van der Waals surface area contributed by atoms with Crippen LogP contribution in [-0.2, 0) is 0 Å². The van der Waals surface area contributed by atoms with E-state index in [-0.39, 0.29) is 0 Å². The van der Waals surface area contributed by atoms with Crippen molar-refractivity contribution in [1.29, 1.82) is 0 Å². The molecule has 0 unspecified atom stereocenters. The molecule has 0 radical (unpaired) electrons. The number of aromatic nitrogens is 1. The maximum atomic E-state index is 5.46.